The van der Waals surface area contributed by atoms with Gasteiger partial charge < -0.3 is 25.0 Å². The van der Waals surface area contributed by atoms with Crippen molar-refractivity contribution in [2.24, 2.45) is 28.1 Å². The molecule has 212 valence electrons. The zero-order valence-corrected chi connectivity index (χ0v) is 23.1. The Morgan fingerprint density at radius 2 is 1.65 bits per heavy atom. The van der Waals surface area contributed by atoms with Crippen LogP contribution in [0.1, 0.15) is 68.4 Å². The molecule has 2 aromatic carbocycles. The minimum atomic E-state index is -1.70. The minimum Gasteiger partial charge on any atom is -0.464 e. The van der Waals surface area contributed by atoms with Gasteiger partial charge >= 0.3 is 11.9 Å². The maximum absolute atomic E-state index is 13.8. The number of aliphatic hydroxyl groups is 2. The number of amides is 1. The second-order valence-electron chi connectivity index (χ2n) is 13.4. The van der Waals surface area contributed by atoms with Crippen molar-refractivity contribution < 1.29 is 34.1 Å². The Bertz CT molecular complexity index is 1330. The van der Waals surface area contributed by atoms with Crippen LogP contribution in [-0.2, 0) is 19.1 Å². The lowest BCUT2D eigenvalue weighted by molar-refractivity contribution is -0.172. The predicted octanol–water partition coefficient (Wildman–Crippen LogP) is 3.57. The van der Waals surface area contributed by atoms with Crippen molar-refractivity contribution >= 4 is 17.8 Å². The SMILES string of the molecule is CC1(C)C[C@H]2[C@H](OC(=O)[C@H](O)[C@@H](NC(=O)c3ccccc3)c3ccccc3)C34COC(=O)C3(C4)C[C@](C)(O)[C@H]2C1. The topological polar surface area (TPSA) is 122 Å². The highest BCUT2D eigenvalue weighted by molar-refractivity contribution is 5.95. The number of rotatable bonds is 6. The second kappa shape index (κ2) is 9.14. The van der Waals surface area contributed by atoms with Gasteiger partial charge in [0.15, 0.2) is 6.10 Å². The number of cyclic esters (lactones) is 1. The van der Waals surface area contributed by atoms with Gasteiger partial charge in [-0.15, -0.1) is 0 Å². The number of carbonyl (C=O) groups excluding carboxylic acids is 3. The number of esters is 2. The zero-order chi connectivity index (χ0) is 28.5. The van der Waals surface area contributed by atoms with Crippen LogP contribution in [0.4, 0.5) is 0 Å². The molecule has 1 saturated heterocycles. The molecular formula is C32H37NO7. The monoisotopic (exact) mass is 547 g/mol. The van der Waals surface area contributed by atoms with Gasteiger partial charge in [0, 0.05) is 11.5 Å². The van der Waals surface area contributed by atoms with Gasteiger partial charge in [-0.05, 0) is 61.6 Å². The molecule has 3 aliphatic carbocycles. The summed E-state index contributed by atoms with van der Waals surface area (Å²) in [6.07, 6.45) is -0.202. The first kappa shape index (κ1) is 27.0. The Morgan fingerprint density at radius 3 is 2.33 bits per heavy atom. The van der Waals surface area contributed by atoms with E-state index >= 15 is 0 Å². The molecule has 4 fully saturated rings. The Kier molecular flexibility index (Phi) is 6.16. The van der Waals surface area contributed by atoms with Crippen LogP contribution in [-0.4, -0.2) is 52.5 Å². The molecule has 0 radical (unpaired) electrons. The standard InChI is InChI=1S/C32H37NO7/c1-29(2)14-21-22(15-29)30(3,38)16-31-17-32(31,18-39-28(31)37)25(21)40-27(36)24(34)23(19-10-6-4-7-11-19)33-26(35)20-12-8-5-9-13-20/h4-13,21-25,34,38H,14-18H2,1-3H3,(H,33,35)/t21-,22+,23+,24-,25+,30+,31?,32?/m1/s1. The first-order valence-electron chi connectivity index (χ1n) is 14.1. The molecule has 3 N–H and O–H groups in total. The van der Waals surface area contributed by atoms with E-state index in [-0.39, 0.29) is 36.2 Å². The maximum Gasteiger partial charge on any atom is 0.337 e. The third kappa shape index (κ3) is 4.15. The van der Waals surface area contributed by atoms with Gasteiger partial charge in [-0.1, -0.05) is 62.4 Å². The highest BCUT2D eigenvalue weighted by Gasteiger charge is 2.85. The van der Waals surface area contributed by atoms with Crippen molar-refractivity contribution in [3.8, 4) is 0 Å². The van der Waals surface area contributed by atoms with Gasteiger partial charge in [0.2, 0.25) is 0 Å². The van der Waals surface area contributed by atoms with Crippen molar-refractivity contribution in [1.82, 2.24) is 5.32 Å². The van der Waals surface area contributed by atoms with Gasteiger partial charge in [-0.25, -0.2) is 4.79 Å². The fourth-order valence-corrected chi connectivity index (χ4v) is 8.17. The minimum absolute atomic E-state index is 0.0895. The molecule has 2 unspecified atom stereocenters. The number of fused-ring (bicyclic) bond motifs is 1. The van der Waals surface area contributed by atoms with Crippen LogP contribution in [0, 0.1) is 28.1 Å². The Balaban J connectivity index is 1.32. The summed E-state index contributed by atoms with van der Waals surface area (Å²) in [7, 11) is 0. The lowest BCUT2D eigenvalue weighted by Crippen LogP contribution is -2.47. The van der Waals surface area contributed by atoms with E-state index in [9.17, 15) is 24.6 Å². The van der Waals surface area contributed by atoms with E-state index < -0.39 is 46.6 Å². The fraction of sp³-hybridized carbons (Fsp3) is 0.531. The van der Waals surface area contributed by atoms with Crippen LogP contribution in [0.15, 0.2) is 60.7 Å². The number of aliphatic hydroxyl groups excluding tert-OH is 1. The van der Waals surface area contributed by atoms with Crippen molar-refractivity contribution in [2.75, 3.05) is 6.61 Å². The van der Waals surface area contributed by atoms with Gasteiger partial charge in [-0.2, -0.15) is 0 Å². The lowest BCUT2D eigenvalue weighted by atomic mass is 9.76. The molecule has 40 heavy (non-hydrogen) atoms. The molecule has 1 aliphatic heterocycles. The van der Waals surface area contributed by atoms with E-state index in [0.717, 1.165) is 6.42 Å². The second-order valence-corrected chi connectivity index (χ2v) is 13.4. The molecule has 8 atom stereocenters. The molecule has 8 heteroatoms. The van der Waals surface area contributed by atoms with Crippen molar-refractivity contribution in [3.05, 3.63) is 71.8 Å². The van der Waals surface area contributed by atoms with Gasteiger partial charge in [-0.3, -0.25) is 9.59 Å². The number of ether oxygens (including phenoxy) is 2. The Hall–Kier alpha value is -3.23. The lowest BCUT2D eigenvalue weighted by Gasteiger charge is -2.38. The average Bonchev–Trinajstić information content (AvgIpc) is 3.34. The van der Waals surface area contributed by atoms with E-state index in [1.807, 2.05) is 6.07 Å². The van der Waals surface area contributed by atoms with E-state index in [1.54, 1.807) is 61.5 Å². The molecule has 4 aliphatic rings. The van der Waals surface area contributed by atoms with Crippen LogP contribution in [0.25, 0.3) is 0 Å². The average molecular weight is 548 g/mol. The summed E-state index contributed by atoms with van der Waals surface area (Å²) in [5.74, 6) is -2.02. The zero-order valence-electron chi connectivity index (χ0n) is 23.1. The molecule has 3 saturated carbocycles. The molecule has 0 bridgehead atoms. The van der Waals surface area contributed by atoms with Crippen molar-refractivity contribution in [2.45, 2.75) is 70.3 Å². The number of hydrogen-bond donors (Lipinski definition) is 3. The number of nitrogens with one attached hydrogen (secondary N) is 1. The fourth-order valence-electron chi connectivity index (χ4n) is 8.17. The van der Waals surface area contributed by atoms with E-state index in [0.29, 0.717) is 24.0 Å². The van der Waals surface area contributed by atoms with Crippen LogP contribution in [0.5, 0.6) is 0 Å². The molecule has 0 aromatic heterocycles. The predicted molar refractivity (Wildman–Crippen MR) is 145 cm³/mol. The summed E-state index contributed by atoms with van der Waals surface area (Å²) in [6, 6.07) is 16.4. The molecule has 6 rings (SSSR count). The Labute approximate surface area is 234 Å². The van der Waals surface area contributed by atoms with E-state index in [1.165, 1.54) is 0 Å². The first-order chi connectivity index (χ1) is 18.9. The van der Waals surface area contributed by atoms with Crippen LogP contribution in [0.2, 0.25) is 0 Å². The van der Waals surface area contributed by atoms with E-state index in [2.05, 4.69) is 19.2 Å². The summed E-state index contributed by atoms with van der Waals surface area (Å²) >= 11 is 0. The van der Waals surface area contributed by atoms with Crippen molar-refractivity contribution in [1.29, 1.82) is 0 Å². The molecular weight excluding hydrogens is 510 g/mol. The smallest absolute Gasteiger partial charge is 0.337 e. The Morgan fingerprint density at radius 1 is 1.00 bits per heavy atom. The van der Waals surface area contributed by atoms with Crippen LogP contribution < -0.4 is 5.32 Å². The third-order valence-corrected chi connectivity index (χ3v) is 10.0. The van der Waals surface area contributed by atoms with Gasteiger partial charge in [0.1, 0.15) is 12.7 Å². The number of benzene rings is 2. The highest BCUT2D eigenvalue weighted by atomic mass is 16.6. The third-order valence-electron chi connectivity index (χ3n) is 10.0. The maximum atomic E-state index is 13.8. The highest BCUT2D eigenvalue weighted by Crippen LogP contribution is 2.78. The quantitative estimate of drug-likeness (QED) is 0.473. The summed E-state index contributed by atoms with van der Waals surface area (Å²) in [6.45, 7) is 6.21. The molecule has 1 heterocycles. The summed E-state index contributed by atoms with van der Waals surface area (Å²) in [5, 5.41) is 25.9. The molecule has 0 spiro atoms. The summed E-state index contributed by atoms with van der Waals surface area (Å²) in [5.41, 5.74) is -1.87. The number of carbonyl (C=O) groups is 3. The summed E-state index contributed by atoms with van der Waals surface area (Å²) in [4.78, 5) is 39.9. The number of hydrogen-bond acceptors (Lipinski definition) is 7. The first-order valence-corrected chi connectivity index (χ1v) is 14.1. The largest absolute Gasteiger partial charge is 0.464 e. The molecule has 2 aromatic rings. The van der Waals surface area contributed by atoms with E-state index in [4.69, 9.17) is 9.47 Å². The molecule has 1 amide bonds. The van der Waals surface area contributed by atoms with Crippen molar-refractivity contribution in [3.63, 3.8) is 0 Å². The molecule has 8 nitrogen and oxygen atoms in total. The van der Waals surface area contributed by atoms with Crippen LogP contribution in [0.3, 0.4) is 0 Å². The van der Waals surface area contributed by atoms with Gasteiger partial charge in [0.05, 0.1) is 22.5 Å². The van der Waals surface area contributed by atoms with Crippen LogP contribution >= 0.6 is 0 Å². The summed E-state index contributed by atoms with van der Waals surface area (Å²) < 4.78 is 11.8. The van der Waals surface area contributed by atoms with Gasteiger partial charge in [0.25, 0.3) is 5.91 Å². The normalized spacial score (nSPS) is 36.6.